The first-order chi connectivity index (χ1) is 17.0. The zero-order valence-corrected chi connectivity index (χ0v) is 20.3. The van der Waals surface area contributed by atoms with Gasteiger partial charge >= 0.3 is 5.97 Å². The monoisotopic (exact) mass is 497 g/mol. The minimum Gasteiger partial charge on any atom is -0.476 e. The van der Waals surface area contributed by atoms with Crippen molar-refractivity contribution in [3.8, 4) is 18.7 Å². The molecule has 9 heteroatoms. The largest absolute Gasteiger partial charge is 0.476 e. The second kappa shape index (κ2) is 15.3. The number of rotatable bonds is 8. The number of aromatic carboxylic acids is 1. The number of hydrogen-bond donors (Lipinski definition) is 3. The zero-order valence-electron chi connectivity index (χ0n) is 19.5. The van der Waals surface area contributed by atoms with Crippen LogP contribution in [-0.4, -0.2) is 37.9 Å². The fourth-order valence-electron chi connectivity index (χ4n) is 3.51. The SMILES string of the molecule is C#C.O=C(Cn1nc(C(=O)O)cc1OCc1ccsc1)NC1CCCCC1.OCc1ccccc1. The third-order valence-electron chi connectivity index (χ3n) is 5.22. The van der Waals surface area contributed by atoms with Crippen molar-refractivity contribution in [2.24, 2.45) is 0 Å². The minimum atomic E-state index is -1.15. The summed E-state index contributed by atoms with van der Waals surface area (Å²) in [4.78, 5) is 23.4. The average Bonchev–Trinajstić information content (AvgIpc) is 3.55. The molecule has 2 aromatic heterocycles. The van der Waals surface area contributed by atoms with Gasteiger partial charge in [-0.3, -0.25) is 4.79 Å². The molecule has 186 valence electrons. The van der Waals surface area contributed by atoms with Gasteiger partial charge in [-0.05, 0) is 35.2 Å². The van der Waals surface area contributed by atoms with Crippen molar-refractivity contribution in [1.29, 1.82) is 0 Å². The van der Waals surface area contributed by atoms with Crippen LogP contribution in [0.3, 0.4) is 0 Å². The normalized spacial score (nSPS) is 12.9. The second-order valence-electron chi connectivity index (χ2n) is 7.80. The van der Waals surface area contributed by atoms with Gasteiger partial charge in [-0.25, -0.2) is 9.48 Å². The van der Waals surface area contributed by atoms with Gasteiger partial charge in [0.25, 0.3) is 0 Å². The molecule has 1 amide bonds. The lowest BCUT2D eigenvalue weighted by atomic mass is 9.95. The minimum absolute atomic E-state index is 0.0528. The van der Waals surface area contributed by atoms with Gasteiger partial charge in [-0.1, -0.05) is 49.6 Å². The second-order valence-corrected chi connectivity index (χ2v) is 8.58. The third-order valence-corrected chi connectivity index (χ3v) is 5.95. The highest BCUT2D eigenvalue weighted by atomic mass is 32.1. The fourth-order valence-corrected chi connectivity index (χ4v) is 4.16. The van der Waals surface area contributed by atoms with E-state index in [9.17, 15) is 9.59 Å². The highest BCUT2D eigenvalue weighted by Crippen LogP contribution is 2.19. The highest BCUT2D eigenvalue weighted by Gasteiger charge is 2.19. The molecule has 0 unspecified atom stereocenters. The number of ether oxygens (including phenoxy) is 1. The van der Waals surface area contributed by atoms with Crippen LogP contribution in [0.5, 0.6) is 5.88 Å². The zero-order chi connectivity index (χ0) is 25.5. The van der Waals surface area contributed by atoms with Gasteiger partial charge in [0.15, 0.2) is 5.69 Å². The van der Waals surface area contributed by atoms with Gasteiger partial charge in [-0.15, -0.1) is 12.8 Å². The van der Waals surface area contributed by atoms with Crippen LogP contribution in [0.15, 0.2) is 53.2 Å². The standard InChI is InChI=1S/C17H21N3O4S.C7H8O.C2H2/c21-15(18-13-4-2-1-3-5-13)9-20-16(8-14(19-20)17(22)23)24-10-12-6-7-25-11-12;8-6-7-4-2-1-3-5-7;1-2/h6-8,11,13H,1-5,9-10H2,(H,18,21)(H,22,23);1-5,8H,6H2;1-2H. The van der Waals surface area contributed by atoms with Crippen molar-refractivity contribution in [1.82, 2.24) is 15.1 Å². The molecule has 1 fully saturated rings. The maximum atomic E-state index is 12.3. The Morgan fingerprint density at radius 3 is 2.40 bits per heavy atom. The van der Waals surface area contributed by atoms with E-state index in [1.165, 1.54) is 17.2 Å². The Morgan fingerprint density at radius 2 is 1.83 bits per heavy atom. The summed E-state index contributed by atoms with van der Waals surface area (Å²) in [6.45, 7) is 0.391. The average molecular weight is 498 g/mol. The van der Waals surface area contributed by atoms with E-state index in [2.05, 4.69) is 23.3 Å². The van der Waals surface area contributed by atoms with Crippen molar-refractivity contribution in [2.75, 3.05) is 0 Å². The third kappa shape index (κ3) is 9.65. The molecule has 0 saturated heterocycles. The van der Waals surface area contributed by atoms with E-state index in [1.807, 2.05) is 47.2 Å². The van der Waals surface area contributed by atoms with Crippen LogP contribution in [0.25, 0.3) is 0 Å². The molecule has 4 rings (SSSR count). The van der Waals surface area contributed by atoms with E-state index in [4.69, 9.17) is 14.9 Å². The van der Waals surface area contributed by atoms with Gasteiger partial charge in [0.1, 0.15) is 13.2 Å². The first-order valence-corrected chi connectivity index (χ1v) is 12.2. The molecular weight excluding hydrogens is 466 g/mol. The number of aliphatic hydroxyl groups is 1. The number of terminal acetylenes is 1. The topological polar surface area (TPSA) is 114 Å². The van der Waals surface area contributed by atoms with Crippen molar-refractivity contribution in [3.05, 3.63) is 70.0 Å². The van der Waals surface area contributed by atoms with E-state index in [-0.39, 0.29) is 36.7 Å². The smallest absolute Gasteiger partial charge is 0.356 e. The Bertz CT molecular complexity index is 1040. The summed E-state index contributed by atoms with van der Waals surface area (Å²) < 4.78 is 6.98. The van der Waals surface area contributed by atoms with Gasteiger partial charge in [0.05, 0.1) is 6.61 Å². The van der Waals surface area contributed by atoms with Gasteiger partial charge in [0, 0.05) is 17.7 Å². The molecule has 0 atom stereocenters. The molecule has 1 aliphatic rings. The van der Waals surface area contributed by atoms with Crippen LogP contribution in [0, 0.1) is 12.8 Å². The van der Waals surface area contributed by atoms with Gasteiger partial charge in [-0.2, -0.15) is 16.4 Å². The number of amides is 1. The molecule has 0 aliphatic heterocycles. The van der Waals surface area contributed by atoms with Crippen LogP contribution in [-0.2, 0) is 24.6 Å². The molecule has 3 N–H and O–H groups in total. The molecule has 35 heavy (non-hydrogen) atoms. The molecule has 8 nitrogen and oxygen atoms in total. The summed E-state index contributed by atoms with van der Waals surface area (Å²) in [6, 6.07) is 13.0. The number of aliphatic hydroxyl groups excluding tert-OH is 1. The van der Waals surface area contributed by atoms with Crippen molar-refractivity contribution in [2.45, 2.75) is 57.9 Å². The summed E-state index contributed by atoms with van der Waals surface area (Å²) in [6.07, 6.45) is 13.5. The molecule has 1 aliphatic carbocycles. The number of carbonyl (C=O) groups is 2. The Kier molecular flexibility index (Phi) is 12.1. The predicted octanol–water partition coefficient (Wildman–Crippen LogP) is 4.10. The van der Waals surface area contributed by atoms with E-state index >= 15 is 0 Å². The molecule has 0 radical (unpaired) electrons. The summed E-state index contributed by atoms with van der Waals surface area (Å²) in [5.41, 5.74) is 1.82. The number of nitrogens with zero attached hydrogens (tertiary/aromatic N) is 2. The molecule has 2 heterocycles. The van der Waals surface area contributed by atoms with Crippen LogP contribution in [0.4, 0.5) is 0 Å². The number of nitrogens with one attached hydrogen (secondary N) is 1. The maximum absolute atomic E-state index is 12.3. The van der Waals surface area contributed by atoms with Crippen LogP contribution in [0.2, 0.25) is 0 Å². The van der Waals surface area contributed by atoms with Crippen LogP contribution >= 0.6 is 11.3 Å². The number of thiophene rings is 1. The number of hydrogen-bond acceptors (Lipinski definition) is 6. The molecule has 1 saturated carbocycles. The lowest BCUT2D eigenvalue weighted by Gasteiger charge is -2.22. The summed E-state index contributed by atoms with van der Waals surface area (Å²) in [5, 5.41) is 28.5. The van der Waals surface area contributed by atoms with Crippen molar-refractivity contribution >= 4 is 23.2 Å². The van der Waals surface area contributed by atoms with Crippen molar-refractivity contribution in [3.63, 3.8) is 0 Å². The lowest BCUT2D eigenvalue weighted by molar-refractivity contribution is -0.122. The Morgan fingerprint density at radius 1 is 1.11 bits per heavy atom. The molecule has 3 aromatic rings. The van der Waals surface area contributed by atoms with Gasteiger partial charge in [0.2, 0.25) is 11.8 Å². The summed E-state index contributed by atoms with van der Waals surface area (Å²) >= 11 is 1.56. The molecular formula is C26H31N3O5S. The lowest BCUT2D eigenvalue weighted by Crippen LogP contribution is -2.38. The number of carboxylic acids is 1. The quantitative estimate of drug-likeness (QED) is 0.404. The van der Waals surface area contributed by atoms with E-state index in [0.717, 1.165) is 36.8 Å². The van der Waals surface area contributed by atoms with Crippen molar-refractivity contribution < 1.29 is 24.5 Å². The number of carbonyl (C=O) groups excluding carboxylic acids is 1. The first-order valence-electron chi connectivity index (χ1n) is 11.3. The molecule has 0 spiro atoms. The predicted molar refractivity (Wildman–Crippen MR) is 135 cm³/mol. The van der Waals surface area contributed by atoms with E-state index in [1.54, 1.807) is 11.3 Å². The van der Waals surface area contributed by atoms with Crippen LogP contribution < -0.4 is 10.1 Å². The summed E-state index contributed by atoms with van der Waals surface area (Å²) in [5.74, 6) is -1.04. The Labute approximate surface area is 209 Å². The summed E-state index contributed by atoms with van der Waals surface area (Å²) in [7, 11) is 0. The Balaban J connectivity index is 0.000000363. The highest BCUT2D eigenvalue weighted by molar-refractivity contribution is 7.07. The number of benzene rings is 1. The van der Waals surface area contributed by atoms with Gasteiger partial charge < -0.3 is 20.3 Å². The number of carboxylic acid groups (broad SMARTS) is 1. The fraction of sp³-hybridized carbons (Fsp3) is 0.346. The van der Waals surface area contributed by atoms with Crippen LogP contribution in [0.1, 0.15) is 53.7 Å². The maximum Gasteiger partial charge on any atom is 0.356 e. The molecule has 1 aromatic carbocycles. The Hall–Kier alpha value is -3.61. The van der Waals surface area contributed by atoms with E-state index in [0.29, 0.717) is 6.61 Å². The first kappa shape index (κ1) is 27.6. The number of aromatic nitrogens is 2. The van der Waals surface area contributed by atoms with E-state index < -0.39 is 5.97 Å². The molecule has 0 bridgehead atoms.